The maximum Gasteiger partial charge on any atom is 0.347 e. The van der Waals surface area contributed by atoms with Crippen LogP contribution in [0, 0.1) is 0 Å². The number of halogens is 1. The second-order valence-corrected chi connectivity index (χ2v) is 6.47. The van der Waals surface area contributed by atoms with E-state index in [-0.39, 0.29) is 0 Å². The highest BCUT2D eigenvalue weighted by Crippen LogP contribution is 2.31. The quantitative estimate of drug-likeness (QED) is 0.651. The minimum atomic E-state index is -0.932. The number of aromatic nitrogens is 1. The number of benzene rings is 2. The maximum atomic E-state index is 11.2. The summed E-state index contributed by atoms with van der Waals surface area (Å²) >= 11 is 7.04. The van der Waals surface area contributed by atoms with Gasteiger partial charge < -0.3 is 9.84 Å². The summed E-state index contributed by atoms with van der Waals surface area (Å²) in [5.41, 5.74) is 1.48. The van der Waals surface area contributed by atoms with Crippen LogP contribution < -0.4 is 4.74 Å². The van der Waals surface area contributed by atoms with Gasteiger partial charge in [-0.25, -0.2) is 9.78 Å². The van der Waals surface area contributed by atoms with Crippen LogP contribution in [0.1, 0.15) is 22.3 Å². The molecule has 0 unspecified atom stereocenters. The molecule has 122 valence electrons. The second kappa shape index (κ2) is 7.03. The molecule has 4 nitrogen and oxygen atoms in total. The molecule has 0 spiro atoms. The first-order chi connectivity index (χ1) is 11.6. The van der Waals surface area contributed by atoms with E-state index in [1.807, 2.05) is 31.2 Å². The van der Waals surface area contributed by atoms with E-state index in [2.05, 4.69) is 4.98 Å². The standard InChI is InChI=1S/C18H14ClNO3S/c1-2-15-16(18(21)22)24-17(20-15)11-3-7-13(8-4-11)23-14-9-5-12(19)6-10-14/h3-10H,2H2,1H3,(H,21,22). The Morgan fingerprint density at radius 2 is 1.71 bits per heavy atom. The molecule has 1 heterocycles. The highest BCUT2D eigenvalue weighted by Gasteiger charge is 2.16. The van der Waals surface area contributed by atoms with Crippen molar-refractivity contribution in [3.63, 3.8) is 0 Å². The van der Waals surface area contributed by atoms with E-state index in [1.165, 1.54) is 11.3 Å². The normalized spacial score (nSPS) is 10.6. The molecule has 3 rings (SSSR count). The molecule has 0 fully saturated rings. The van der Waals surface area contributed by atoms with Gasteiger partial charge in [0.05, 0.1) is 5.69 Å². The first-order valence-electron chi connectivity index (χ1n) is 7.33. The van der Waals surface area contributed by atoms with Gasteiger partial charge in [0.15, 0.2) is 0 Å². The third-order valence-electron chi connectivity index (χ3n) is 3.38. The summed E-state index contributed by atoms with van der Waals surface area (Å²) in [6, 6.07) is 14.5. The molecule has 6 heteroatoms. The van der Waals surface area contributed by atoms with Crippen LogP contribution in [0.3, 0.4) is 0 Å². The van der Waals surface area contributed by atoms with Crippen LogP contribution in [0.15, 0.2) is 48.5 Å². The van der Waals surface area contributed by atoms with Crippen molar-refractivity contribution < 1.29 is 14.6 Å². The lowest BCUT2D eigenvalue weighted by Crippen LogP contribution is -1.97. The van der Waals surface area contributed by atoms with Gasteiger partial charge in [-0.2, -0.15) is 0 Å². The van der Waals surface area contributed by atoms with Crippen LogP contribution in [-0.4, -0.2) is 16.1 Å². The van der Waals surface area contributed by atoms with E-state index in [0.29, 0.717) is 38.5 Å². The molecule has 1 N–H and O–H groups in total. The van der Waals surface area contributed by atoms with Crippen molar-refractivity contribution in [2.24, 2.45) is 0 Å². The fourth-order valence-corrected chi connectivity index (χ4v) is 3.31. The number of rotatable bonds is 5. The number of carboxylic acid groups (broad SMARTS) is 1. The number of hydrogen-bond donors (Lipinski definition) is 1. The highest BCUT2D eigenvalue weighted by atomic mass is 35.5. The molecule has 0 radical (unpaired) electrons. The molecule has 0 aliphatic carbocycles. The Hall–Kier alpha value is -2.37. The summed E-state index contributed by atoms with van der Waals surface area (Å²) < 4.78 is 5.74. The Kier molecular flexibility index (Phi) is 4.83. The van der Waals surface area contributed by atoms with E-state index in [4.69, 9.17) is 16.3 Å². The molecule has 2 aromatic carbocycles. The van der Waals surface area contributed by atoms with Crippen molar-refractivity contribution in [2.75, 3.05) is 0 Å². The Labute approximate surface area is 148 Å². The molecule has 0 bridgehead atoms. The summed E-state index contributed by atoms with van der Waals surface area (Å²) in [6.07, 6.45) is 0.593. The zero-order valence-corrected chi connectivity index (χ0v) is 14.4. The summed E-state index contributed by atoms with van der Waals surface area (Å²) in [5.74, 6) is 0.452. The first-order valence-corrected chi connectivity index (χ1v) is 8.53. The molecule has 0 atom stereocenters. The lowest BCUT2D eigenvalue weighted by molar-refractivity contribution is 0.0701. The molecule has 3 aromatic rings. The van der Waals surface area contributed by atoms with E-state index in [9.17, 15) is 9.90 Å². The fourth-order valence-electron chi connectivity index (χ4n) is 2.19. The Morgan fingerprint density at radius 3 is 2.21 bits per heavy atom. The molecule has 0 aliphatic heterocycles. The largest absolute Gasteiger partial charge is 0.477 e. The van der Waals surface area contributed by atoms with Gasteiger partial charge in [0.1, 0.15) is 21.4 Å². The third-order valence-corrected chi connectivity index (χ3v) is 4.76. The third kappa shape index (κ3) is 3.58. The van der Waals surface area contributed by atoms with Gasteiger partial charge in [-0.1, -0.05) is 18.5 Å². The lowest BCUT2D eigenvalue weighted by atomic mass is 10.2. The van der Waals surface area contributed by atoms with Crippen molar-refractivity contribution in [3.05, 3.63) is 64.1 Å². The molecule has 0 amide bonds. The Balaban J connectivity index is 1.81. The summed E-state index contributed by atoms with van der Waals surface area (Å²) in [6.45, 7) is 1.90. The number of aromatic carboxylic acids is 1. The summed E-state index contributed by atoms with van der Waals surface area (Å²) in [4.78, 5) is 16.0. The molecule has 1 aromatic heterocycles. The number of nitrogens with zero attached hydrogens (tertiary/aromatic N) is 1. The topological polar surface area (TPSA) is 59.4 Å². The number of thiazole rings is 1. The molecule has 0 saturated carbocycles. The first kappa shape index (κ1) is 16.5. The van der Waals surface area contributed by atoms with Gasteiger partial charge >= 0.3 is 5.97 Å². The second-order valence-electron chi connectivity index (χ2n) is 5.03. The average molecular weight is 360 g/mol. The number of aryl methyl sites for hydroxylation is 1. The van der Waals surface area contributed by atoms with Crippen LogP contribution in [0.2, 0.25) is 5.02 Å². The molecule has 0 aliphatic rings. The van der Waals surface area contributed by atoms with Gasteiger partial charge in [0.2, 0.25) is 0 Å². The van der Waals surface area contributed by atoms with Gasteiger partial charge in [-0.05, 0) is 55.0 Å². The smallest absolute Gasteiger partial charge is 0.347 e. The van der Waals surface area contributed by atoms with Crippen molar-refractivity contribution in [1.82, 2.24) is 4.98 Å². The predicted octanol–water partition coefficient (Wildman–Crippen LogP) is 5.52. The SMILES string of the molecule is CCc1nc(-c2ccc(Oc3ccc(Cl)cc3)cc2)sc1C(=O)O. The molecular formula is C18H14ClNO3S. The van der Waals surface area contributed by atoms with Crippen LogP contribution in [-0.2, 0) is 6.42 Å². The number of carboxylic acids is 1. The van der Waals surface area contributed by atoms with Crippen molar-refractivity contribution >= 4 is 28.9 Å². The van der Waals surface area contributed by atoms with Crippen LogP contribution in [0.5, 0.6) is 11.5 Å². The predicted molar refractivity (Wildman–Crippen MR) is 95.4 cm³/mol. The van der Waals surface area contributed by atoms with E-state index in [1.54, 1.807) is 24.3 Å². The molecule has 0 saturated heterocycles. The molecular weight excluding hydrogens is 346 g/mol. The van der Waals surface area contributed by atoms with Crippen LogP contribution in [0.25, 0.3) is 10.6 Å². The number of ether oxygens (including phenoxy) is 1. The van der Waals surface area contributed by atoms with Gasteiger partial charge in [0, 0.05) is 10.6 Å². The fraction of sp³-hybridized carbons (Fsp3) is 0.111. The minimum Gasteiger partial charge on any atom is -0.477 e. The summed E-state index contributed by atoms with van der Waals surface area (Å²) in [5, 5.41) is 10.6. The average Bonchev–Trinajstić information content (AvgIpc) is 3.02. The monoisotopic (exact) mass is 359 g/mol. The minimum absolute atomic E-state index is 0.300. The highest BCUT2D eigenvalue weighted by molar-refractivity contribution is 7.17. The maximum absolute atomic E-state index is 11.2. The zero-order chi connectivity index (χ0) is 17.1. The van der Waals surface area contributed by atoms with Gasteiger partial charge in [-0.3, -0.25) is 0 Å². The van der Waals surface area contributed by atoms with Crippen molar-refractivity contribution in [3.8, 4) is 22.1 Å². The van der Waals surface area contributed by atoms with Gasteiger partial charge in [-0.15, -0.1) is 11.3 Å². The van der Waals surface area contributed by atoms with E-state index in [0.717, 1.165) is 5.56 Å². The van der Waals surface area contributed by atoms with E-state index >= 15 is 0 Å². The lowest BCUT2D eigenvalue weighted by Gasteiger charge is -2.06. The van der Waals surface area contributed by atoms with Crippen LogP contribution >= 0.6 is 22.9 Å². The number of hydrogen-bond acceptors (Lipinski definition) is 4. The van der Waals surface area contributed by atoms with Gasteiger partial charge in [0.25, 0.3) is 0 Å². The Morgan fingerprint density at radius 1 is 1.12 bits per heavy atom. The Bertz CT molecular complexity index is 857. The summed E-state index contributed by atoms with van der Waals surface area (Å²) in [7, 11) is 0. The molecule has 24 heavy (non-hydrogen) atoms. The van der Waals surface area contributed by atoms with Crippen molar-refractivity contribution in [2.45, 2.75) is 13.3 Å². The number of carbonyl (C=O) groups is 1. The van der Waals surface area contributed by atoms with Crippen molar-refractivity contribution in [1.29, 1.82) is 0 Å². The zero-order valence-electron chi connectivity index (χ0n) is 12.8. The van der Waals surface area contributed by atoms with Crippen LogP contribution in [0.4, 0.5) is 0 Å². The van der Waals surface area contributed by atoms with E-state index < -0.39 is 5.97 Å².